The molecule has 19 heavy (non-hydrogen) atoms. The molecule has 0 aliphatic rings. The normalized spacial score (nSPS) is 10.3. The molecule has 0 radical (unpaired) electrons. The van der Waals surface area contributed by atoms with Crippen molar-refractivity contribution >= 4 is 5.97 Å². The zero-order valence-corrected chi connectivity index (χ0v) is 10.5. The largest absolute Gasteiger partial charge is 0.481 e. The summed E-state index contributed by atoms with van der Waals surface area (Å²) in [4.78, 5) is 14.5. The number of carboxylic acid groups (broad SMARTS) is 1. The molecule has 0 fully saturated rings. The van der Waals surface area contributed by atoms with Crippen molar-refractivity contribution in [1.82, 2.24) is 4.98 Å². The molecule has 0 amide bonds. The number of benzene rings is 1. The van der Waals surface area contributed by atoms with E-state index in [9.17, 15) is 4.79 Å². The molecule has 4 nitrogen and oxygen atoms in total. The van der Waals surface area contributed by atoms with Crippen molar-refractivity contribution in [2.24, 2.45) is 0 Å². The highest BCUT2D eigenvalue weighted by Gasteiger charge is 2.00. The monoisotopic (exact) mass is 257 g/mol. The highest BCUT2D eigenvalue weighted by Crippen LogP contribution is 2.08. The van der Waals surface area contributed by atoms with Crippen LogP contribution in [0.5, 0.6) is 0 Å². The standard InChI is InChI=1S/C15H15NO3/c17-15(18)9-12-1-3-13(4-2-12)10-19-11-14-5-7-16-8-6-14/h1-8H,9-11H2,(H,17,18). The summed E-state index contributed by atoms with van der Waals surface area (Å²) < 4.78 is 5.58. The summed E-state index contributed by atoms with van der Waals surface area (Å²) in [5.41, 5.74) is 2.91. The molecule has 4 heteroatoms. The van der Waals surface area contributed by atoms with Gasteiger partial charge in [0.25, 0.3) is 0 Å². The second-order valence-electron chi connectivity index (χ2n) is 4.24. The van der Waals surface area contributed by atoms with E-state index in [0.717, 1.165) is 16.7 Å². The molecule has 1 N–H and O–H groups in total. The molecule has 2 aromatic rings. The van der Waals surface area contributed by atoms with Gasteiger partial charge in [-0.1, -0.05) is 24.3 Å². The summed E-state index contributed by atoms with van der Waals surface area (Å²) in [7, 11) is 0. The molecule has 0 saturated carbocycles. The van der Waals surface area contributed by atoms with Crippen LogP contribution in [0.4, 0.5) is 0 Å². The molecule has 0 unspecified atom stereocenters. The summed E-state index contributed by atoms with van der Waals surface area (Å²) in [5.74, 6) is -0.818. The van der Waals surface area contributed by atoms with Crippen LogP contribution < -0.4 is 0 Å². The van der Waals surface area contributed by atoms with Crippen LogP contribution in [0.1, 0.15) is 16.7 Å². The summed E-state index contributed by atoms with van der Waals surface area (Å²) >= 11 is 0. The second kappa shape index (κ2) is 6.66. The third kappa shape index (κ3) is 4.52. The zero-order chi connectivity index (χ0) is 13.5. The minimum atomic E-state index is -0.818. The van der Waals surface area contributed by atoms with Gasteiger partial charge < -0.3 is 9.84 Å². The molecule has 0 aliphatic carbocycles. The molecule has 0 atom stereocenters. The minimum Gasteiger partial charge on any atom is -0.481 e. The lowest BCUT2D eigenvalue weighted by Gasteiger charge is -2.05. The molecule has 0 saturated heterocycles. The Labute approximate surface area is 111 Å². The van der Waals surface area contributed by atoms with Gasteiger partial charge in [-0.05, 0) is 28.8 Å². The van der Waals surface area contributed by atoms with E-state index in [1.54, 1.807) is 12.4 Å². The number of ether oxygens (including phenoxy) is 1. The van der Waals surface area contributed by atoms with Gasteiger partial charge in [0, 0.05) is 12.4 Å². The van der Waals surface area contributed by atoms with E-state index in [-0.39, 0.29) is 6.42 Å². The van der Waals surface area contributed by atoms with Crippen LogP contribution in [0.3, 0.4) is 0 Å². The Morgan fingerprint density at radius 1 is 0.947 bits per heavy atom. The lowest BCUT2D eigenvalue weighted by molar-refractivity contribution is -0.136. The average molecular weight is 257 g/mol. The summed E-state index contributed by atoms with van der Waals surface area (Å²) in [6.07, 6.45) is 3.52. The first-order valence-corrected chi connectivity index (χ1v) is 6.00. The van der Waals surface area contributed by atoms with E-state index in [1.165, 1.54) is 0 Å². The molecule has 2 rings (SSSR count). The number of nitrogens with zero attached hydrogens (tertiary/aromatic N) is 1. The van der Waals surface area contributed by atoms with E-state index in [0.29, 0.717) is 13.2 Å². The van der Waals surface area contributed by atoms with E-state index in [2.05, 4.69) is 4.98 Å². The third-order valence-corrected chi connectivity index (χ3v) is 2.67. The van der Waals surface area contributed by atoms with Crippen molar-refractivity contribution in [3.8, 4) is 0 Å². The smallest absolute Gasteiger partial charge is 0.307 e. The predicted octanol–water partition coefficient (Wildman–Crippen LogP) is 2.43. The SMILES string of the molecule is O=C(O)Cc1ccc(COCc2ccncc2)cc1. The fourth-order valence-corrected chi connectivity index (χ4v) is 1.69. The summed E-state index contributed by atoms with van der Waals surface area (Å²) in [6.45, 7) is 1.05. The highest BCUT2D eigenvalue weighted by molar-refractivity contribution is 5.70. The van der Waals surface area contributed by atoms with E-state index in [4.69, 9.17) is 9.84 Å². The Hall–Kier alpha value is -2.20. The summed E-state index contributed by atoms with van der Waals surface area (Å²) in [6, 6.07) is 11.3. The van der Waals surface area contributed by atoms with Gasteiger partial charge >= 0.3 is 5.97 Å². The van der Waals surface area contributed by atoms with Gasteiger partial charge in [-0.15, -0.1) is 0 Å². The fourth-order valence-electron chi connectivity index (χ4n) is 1.69. The first-order valence-electron chi connectivity index (χ1n) is 6.00. The van der Waals surface area contributed by atoms with Gasteiger partial charge in [0.2, 0.25) is 0 Å². The number of carboxylic acids is 1. The fraction of sp³-hybridized carbons (Fsp3) is 0.200. The second-order valence-corrected chi connectivity index (χ2v) is 4.24. The number of hydrogen-bond donors (Lipinski definition) is 1. The van der Waals surface area contributed by atoms with Gasteiger partial charge in [-0.2, -0.15) is 0 Å². The number of aliphatic carboxylic acids is 1. The average Bonchev–Trinajstić information content (AvgIpc) is 2.41. The Kier molecular flexibility index (Phi) is 4.64. The maximum Gasteiger partial charge on any atom is 0.307 e. The van der Waals surface area contributed by atoms with Crippen molar-refractivity contribution in [1.29, 1.82) is 0 Å². The molecule has 98 valence electrons. The van der Waals surface area contributed by atoms with Gasteiger partial charge in [0.15, 0.2) is 0 Å². The van der Waals surface area contributed by atoms with Crippen LogP contribution in [0, 0.1) is 0 Å². The highest BCUT2D eigenvalue weighted by atomic mass is 16.5. The van der Waals surface area contributed by atoms with E-state index < -0.39 is 5.97 Å². The van der Waals surface area contributed by atoms with Crippen LogP contribution >= 0.6 is 0 Å². The van der Waals surface area contributed by atoms with Crippen molar-refractivity contribution in [3.63, 3.8) is 0 Å². The maximum absolute atomic E-state index is 10.6. The van der Waals surface area contributed by atoms with Crippen molar-refractivity contribution < 1.29 is 14.6 Å². The molecule has 0 spiro atoms. The van der Waals surface area contributed by atoms with Crippen LogP contribution in [0.25, 0.3) is 0 Å². The first-order chi connectivity index (χ1) is 9.24. The molecule has 0 bridgehead atoms. The lowest BCUT2D eigenvalue weighted by atomic mass is 10.1. The Morgan fingerprint density at radius 2 is 1.47 bits per heavy atom. The third-order valence-electron chi connectivity index (χ3n) is 2.67. The number of pyridine rings is 1. The molecular formula is C15H15NO3. The van der Waals surface area contributed by atoms with Crippen LogP contribution in [-0.4, -0.2) is 16.1 Å². The number of aromatic nitrogens is 1. The maximum atomic E-state index is 10.6. The molecule has 1 aromatic carbocycles. The molecule has 0 aliphatic heterocycles. The molecule has 1 heterocycles. The number of rotatable bonds is 6. The van der Waals surface area contributed by atoms with Gasteiger partial charge in [-0.25, -0.2) is 0 Å². The van der Waals surface area contributed by atoms with Crippen molar-refractivity contribution in [2.45, 2.75) is 19.6 Å². The first kappa shape index (κ1) is 13.2. The van der Waals surface area contributed by atoms with Crippen LogP contribution in [0.15, 0.2) is 48.8 Å². The minimum absolute atomic E-state index is 0.0537. The molecular weight excluding hydrogens is 242 g/mol. The summed E-state index contributed by atoms with van der Waals surface area (Å²) in [5, 5.41) is 8.67. The Bertz CT molecular complexity index is 523. The van der Waals surface area contributed by atoms with E-state index >= 15 is 0 Å². The van der Waals surface area contributed by atoms with Crippen LogP contribution in [-0.2, 0) is 29.2 Å². The van der Waals surface area contributed by atoms with E-state index in [1.807, 2.05) is 36.4 Å². The topological polar surface area (TPSA) is 59.4 Å². The Balaban J connectivity index is 1.81. The van der Waals surface area contributed by atoms with Gasteiger partial charge in [0.05, 0.1) is 19.6 Å². The predicted molar refractivity (Wildman–Crippen MR) is 70.5 cm³/mol. The quantitative estimate of drug-likeness (QED) is 0.863. The van der Waals surface area contributed by atoms with Crippen molar-refractivity contribution in [2.75, 3.05) is 0 Å². The Morgan fingerprint density at radius 3 is 2.05 bits per heavy atom. The van der Waals surface area contributed by atoms with Gasteiger partial charge in [0.1, 0.15) is 0 Å². The number of carbonyl (C=O) groups is 1. The number of hydrogen-bond acceptors (Lipinski definition) is 3. The van der Waals surface area contributed by atoms with Crippen LogP contribution in [0.2, 0.25) is 0 Å². The zero-order valence-electron chi connectivity index (χ0n) is 10.5. The molecule has 1 aromatic heterocycles. The van der Waals surface area contributed by atoms with Crippen molar-refractivity contribution in [3.05, 3.63) is 65.5 Å². The lowest BCUT2D eigenvalue weighted by Crippen LogP contribution is -2.00. The van der Waals surface area contributed by atoms with Gasteiger partial charge in [-0.3, -0.25) is 9.78 Å².